The molecule has 3 N–H and O–H groups in total. The van der Waals surface area contributed by atoms with Crippen molar-refractivity contribution in [2.24, 2.45) is 0 Å². The maximum absolute atomic E-state index is 12.5. The Bertz CT molecular complexity index is 993. The number of nitrogens with one attached hydrogen (secondary N) is 3. The van der Waals surface area contributed by atoms with Crippen LogP contribution in [0.2, 0.25) is 0 Å². The van der Waals surface area contributed by atoms with Crippen LogP contribution in [0.4, 0.5) is 5.69 Å². The first-order valence-corrected chi connectivity index (χ1v) is 8.87. The first kappa shape index (κ1) is 19.7. The predicted molar refractivity (Wildman–Crippen MR) is 107 cm³/mol. The minimum atomic E-state index is -0.855. The third-order valence-electron chi connectivity index (χ3n) is 4.00. The maximum atomic E-state index is 12.5. The molecule has 0 aliphatic rings. The van der Waals surface area contributed by atoms with Crippen LogP contribution in [0.3, 0.4) is 0 Å². The van der Waals surface area contributed by atoms with Crippen molar-refractivity contribution < 1.29 is 14.4 Å². The summed E-state index contributed by atoms with van der Waals surface area (Å²) in [7, 11) is 0. The van der Waals surface area contributed by atoms with Crippen LogP contribution in [-0.4, -0.2) is 27.7 Å². The Balaban J connectivity index is 1.59. The van der Waals surface area contributed by atoms with E-state index in [-0.39, 0.29) is 23.7 Å². The molecule has 8 nitrogen and oxygen atoms in total. The highest BCUT2D eigenvalue weighted by Gasteiger charge is 2.17. The van der Waals surface area contributed by atoms with Crippen molar-refractivity contribution in [2.45, 2.75) is 13.1 Å². The largest absolute Gasteiger partial charge is 0.348 e. The van der Waals surface area contributed by atoms with E-state index in [1.807, 2.05) is 6.07 Å². The van der Waals surface area contributed by atoms with Crippen molar-refractivity contribution in [3.8, 4) is 0 Å². The molecule has 0 saturated carbocycles. The zero-order chi connectivity index (χ0) is 20.5. The molecule has 8 heteroatoms. The van der Waals surface area contributed by atoms with Crippen LogP contribution in [0.5, 0.6) is 0 Å². The molecule has 0 radical (unpaired) electrons. The lowest BCUT2D eigenvalue weighted by Crippen LogP contribution is -2.35. The van der Waals surface area contributed by atoms with Crippen LogP contribution in [0.15, 0.2) is 73.3 Å². The zero-order valence-corrected chi connectivity index (χ0v) is 15.5. The van der Waals surface area contributed by atoms with E-state index in [1.165, 1.54) is 0 Å². The van der Waals surface area contributed by atoms with Crippen molar-refractivity contribution in [1.29, 1.82) is 0 Å². The molecule has 0 aliphatic heterocycles. The summed E-state index contributed by atoms with van der Waals surface area (Å²) in [5, 5.41) is 7.79. The van der Waals surface area contributed by atoms with Crippen molar-refractivity contribution in [2.75, 3.05) is 5.32 Å². The van der Waals surface area contributed by atoms with Crippen molar-refractivity contribution in [1.82, 2.24) is 20.6 Å². The molecule has 0 spiro atoms. The van der Waals surface area contributed by atoms with Gasteiger partial charge in [0, 0.05) is 37.9 Å². The number of amides is 3. The third-order valence-corrected chi connectivity index (χ3v) is 4.00. The number of nitrogens with zero attached hydrogens (tertiary/aromatic N) is 2. The fourth-order valence-electron chi connectivity index (χ4n) is 2.51. The highest BCUT2D eigenvalue weighted by molar-refractivity contribution is 6.40. The summed E-state index contributed by atoms with van der Waals surface area (Å²) in [4.78, 5) is 44.7. The van der Waals surface area contributed by atoms with Gasteiger partial charge in [-0.3, -0.25) is 24.4 Å². The number of para-hydroxylation sites is 1. The van der Waals surface area contributed by atoms with Crippen LogP contribution in [0, 0.1) is 0 Å². The number of hydrogen-bond donors (Lipinski definition) is 3. The molecule has 0 aliphatic carbocycles. The average molecular weight is 389 g/mol. The normalized spacial score (nSPS) is 10.1. The van der Waals surface area contributed by atoms with Crippen molar-refractivity contribution in [3.63, 3.8) is 0 Å². The lowest BCUT2D eigenvalue weighted by atomic mass is 10.1. The summed E-state index contributed by atoms with van der Waals surface area (Å²) in [5.41, 5.74) is 2.17. The van der Waals surface area contributed by atoms with Gasteiger partial charge in [0.2, 0.25) is 0 Å². The van der Waals surface area contributed by atoms with E-state index in [4.69, 9.17) is 0 Å². The monoisotopic (exact) mass is 389 g/mol. The number of carbonyl (C=O) groups is 3. The summed E-state index contributed by atoms with van der Waals surface area (Å²) in [6.45, 7) is 0.489. The lowest BCUT2D eigenvalue weighted by Gasteiger charge is -2.11. The van der Waals surface area contributed by atoms with Crippen LogP contribution >= 0.6 is 0 Å². The van der Waals surface area contributed by atoms with Crippen LogP contribution in [0.1, 0.15) is 21.5 Å². The number of carbonyl (C=O) groups excluding carboxylic acids is 3. The van der Waals surface area contributed by atoms with E-state index in [2.05, 4.69) is 25.9 Å². The summed E-state index contributed by atoms with van der Waals surface area (Å²) < 4.78 is 0. The molecule has 2 aromatic heterocycles. The SMILES string of the molecule is O=C(NCc1ccncc1)C(=O)Nc1ccccc1C(=O)NCc1cccnc1. The Kier molecular flexibility index (Phi) is 6.62. The molecule has 0 fully saturated rings. The smallest absolute Gasteiger partial charge is 0.313 e. The van der Waals surface area contributed by atoms with Crippen molar-refractivity contribution >= 4 is 23.4 Å². The van der Waals surface area contributed by atoms with E-state index in [0.29, 0.717) is 6.54 Å². The Hall–Kier alpha value is -4.07. The quantitative estimate of drug-likeness (QED) is 0.555. The summed E-state index contributed by atoms with van der Waals surface area (Å²) in [6, 6.07) is 13.6. The molecule has 2 heterocycles. The average Bonchev–Trinajstić information content (AvgIpc) is 2.77. The fraction of sp³-hybridized carbons (Fsp3) is 0.0952. The van der Waals surface area contributed by atoms with Gasteiger partial charge in [0.15, 0.2) is 0 Å². The van der Waals surface area contributed by atoms with E-state index in [9.17, 15) is 14.4 Å². The second-order valence-corrected chi connectivity index (χ2v) is 6.08. The van der Waals surface area contributed by atoms with Gasteiger partial charge in [-0.2, -0.15) is 0 Å². The molecule has 1 aromatic carbocycles. The fourth-order valence-corrected chi connectivity index (χ4v) is 2.51. The highest BCUT2D eigenvalue weighted by Crippen LogP contribution is 2.15. The lowest BCUT2D eigenvalue weighted by molar-refractivity contribution is -0.136. The zero-order valence-electron chi connectivity index (χ0n) is 15.5. The molecular formula is C21H19N5O3. The number of hydrogen-bond acceptors (Lipinski definition) is 5. The number of anilines is 1. The molecule has 3 aromatic rings. The first-order chi connectivity index (χ1) is 14.1. The molecular weight excluding hydrogens is 370 g/mol. The highest BCUT2D eigenvalue weighted by atomic mass is 16.2. The Morgan fingerprint density at radius 3 is 2.24 bits per heavy atom. The van der Waals surface area contributed by atoms with Gasteiger partial charge in [-0.25, -0.2) is 0 Å². The number of aromatic nitrogens is 2. The maximum Gasteiger partial charge on any atom is 0.313 e. The molecule has 3 rings (SSSR count). The minimum absolute atomic E-state index is 0.196. The van der Waals surface area contributed by atoms with Gasteiger partial charge < -0.3 is 16.0 Å². The minimum Gasteiger partial charge on any atom is -0.348 e. The molecule has 146 valence electrons. The predicted octanol–water partition coefficient (Wildman–Crippen LogP) is 1.66. The second kappa shape index (κ2) is 9.75. The molecule has 0 unspecified atom stereocenters. The number of pyridine rings is 2. The molecule has 0 bridgehead atoms. The van der Waals surface area contributed by atoms with Gasteiger partial charge in [0.25, 0.3) is 5.91 Å². The van der Waals surface area contributed by atoms with Crippen LogP contribution in [0.25, 0.3) is 0 Å². The standard InChI is InChI=1S/C21H19N5O3/c27-19(24-14-16-4-3-9-23-12-16)17-5-1-2-6-18(17)26-21(29)20(28)25-13-15-7-10-22-11-8-15/h1-12H,13-14H2,(H,24,27)(H,25,28)(H,26,29). The molecule has 29 heavy (non-hydrogen) atoms. The van der Waals surface area contributed by atoms with E-state index in [0.717, 1.165) is 11.1 Å². The summed E-state index contributed by atoms with van der Waals surface area (Å²) in [6.07, 6.45) is 6.50. The van der Waals surface area contributed by atoms with E-state index in [1.54, 1.807) is 67.3 Å². The molecule has 0 atom stereocenters. The molecule has 3 amide bonds. The summed E-state index contributed by atoms with van der Waals surface area (Å²) >= 11 is 0. The van der Waals surface area contributed by atoms with Gasteiger partial charge in [0.05, 0.1) is 11.3 Å². The third kappa shape index (κ3) is 5.70. The Labute approximate surface area is 167 Å². The van der Waals surface area contributed by atoms with Gasteiger partial charge in [-0.1, -0.05) is 18.2 Å². The summed E-state index contributed by atoms with van der Waals surface area (Å²) in [5.74, 6) is -2.03. The topological polar surface area (TPSA) is 113 Å². The van der Waals surface area contributed by atoms with Gasteiger partial charge in [-0.15, -0.1) is 0 Å². The van der Waals surface area contributed by atoms with E-state index < -0.39 is 11.8 Å². The van der Waals surface area contributed by atoms with Crippen LogP contribution < -0.4 is 16.0 Å². The van der Waals surface area contributed by atoms with Gasteiger partial charge in [0.1, 0.15) is 0 Å². The number of benzene rings is 1. The Morgan fingerprint density at radius 1 is 0.724 bits per heavy atom. The Morgan fingerprint density at radius 2 is 1.48 bits per heavy atom. The van der Waals surface area contributed by atoms with Crippen LogP contribution in [-0.2, 0) is 22.7 Å². The van der Waals surface area contributed by atoms with E-state index >= 15 is 0 Å². The molecule has 0 saturated heterocycles. The van der Waals surface area contributed by atoms with Crippen molar-refractivity contribution in [3.05, 3.63) is 90.0 Å². The first-order valence-electron chi connectivity index (χ1n) is 8.87. The number of rotatable bonds is 6. The van der Waals surface area contributed by atoms with Gasteiger partial charge in [-0.05, 0) is 41.5 Å². The second-order valence-electron chi connectivity index (χ2n) is 6.08. The van der Waals surface area contributed by atoms with Gasteiger partial charge >= 0.3 is 11.8 Å².